The molecule has 1 aliphatic heterocycles. The van der Waals surface area contributed by atoms with Crippen molar-refractivity contribution in [3.8, 4) is 11.5 Å². The Morgan fingerprint density at radius 2 is 1.81 bits per heavy atom. The molecule has 1 aromatic carbocycles. The molecule has 0 aliphatic carbocycles. The van der Waals surface area contributed by atoms with Gasteiger partial charge >= 0.3 is 7.60 Å². The summed E-state index contributed by atoms with van der Waals surface area (Å²) < 4.78 is 35.2. The first kappa shape index (κ1) is 20.9. The second kappa shape index (κ2) is 10.1. The monoisotopic (exact) mass is 384 g/mol. The third-order valence-corrected chi connectivity index (χ3v) is 6.32. The maximum absolute atomic E-state index is 13.1. The molecule has 0 saturated carbocycles. The zero-order valence-electron chi connectivity index (χ0n) is 15.9. The van der Waals surface area contributed by atoms with E-state index in [0.717, 1.165) is 25.7 Å². The molecule has 2 rings (SSSR count). The van der Waals surface area contributed by atoms with Crippen LogP contribution in [0.25, 0.3) is 0 Å². The molecule has 0 N–H and O–H groups in total. The predicted molar refractivity (Wildman–Crippen MR) is 101 cm³/mol. The Bertz CT molecular complexity index is 631. The summed E-state index contributed by atoms with van der Waals surface area (Å²) >= 11 is 0. The van der Waals surface area contributed by atoms with Crippen molar-refractivity contribution in [2.45, 2.75) is 39.5 Å². The zero-order valence-corrected chi connectivity index (χ0v) is 16.8. The van der Waals surface area contributed by atoms with Crippen LogP contribution in [0.5, 0.6) is 11.5 Å². The lowest BCUT2D eigenvalue weighted by Crippen LogP contribution is -2.31. The van der Waals surface area contributed by atoms with Crippen LogP contribution < -0.4 is 9.47 Å². The number of carbonyl (C=O) groups excluding carboxylic acids is 1. The summed E-state index contributed by atoms with van der Waals surface area (Å²) in [5.41, 5.74) is 0.482. The van der Waals surface area contributed by atoms with E-state index in [1.807, 2.05) is 13.8 Å². The maximum Gasteiger partial charge on any atom is 0.331 e. The molecule has 0 spiro atoms. The van der Waals surface area contributed by atoms with Gasteiger partial charge in [0.25, 0.3) is 0 Å². The number of unbranched alkanes of at least 4 members (excludes halogenated alkanes) is 2. The van der Waals surface area contributed by atoms with E-state index in [1.54, 1.807) is 25.3 Å². The lowest BCUT2D eigenvalue weighted by Gasteiger charge is -2.27. The van der Waals surface area contributed by atoms with Gasteiger partial charge in [-0.3, -0.25) is 9.36 Å². The molecule has 146 valence electrons. The highest BCUT2D eigenvalue weighted by atomic mass is 31.2. The number of hydrogen-bond acceptors (Lipinski definition) is 6. The summed E-state index contributed by atoms with van der Waals surface area (Å²) in [5.74, 6) is 0.503. The molecule has 1 unspecified atom stereocenters. The fourth-order valence-electron chi connectivity index (χ4n) is 2.68. The molecule has 0 amide bonds. The first-order chi connectivity index (χ1) is 12.5. The van der Waals surface area contributed by atoms with E-state index < -0.39 is 13.5 Å². The lowest BCUT2D eigenvalue weighted by atomic mass is 9.96. The van der Waals surface area contributed by atoms with Gasteiger partial charge in [-0.15, -0.1) is 0 Å². The van der Waals surface area contributed by atoms with Crippen molar-refractivity contribution >= 4 is 13.4 Å². The minimum atomic E-state index is -3.34. The molecule has 1 atom stereocenters. The van der Waals surface area contributed by atoms with Crippen LogP contribution in [-0.4, -0.2) is 38.9 Å². The number of fused-ring (bicyclic) bond motifs is 1. The molecule has 7 heteroatoms. The molecule has 1 aromatic rings. The first-order valence-corrected chi connectivity index (χ1v) is 11.0. The normalized spacial score (nSPS) is 16.9. The Hall–Kier alpha value is -1.36. The van der Waals surface area contributed by atoms with Crippen molar-refractivity contribution < 1.29 is 27.9 Å². The van der Waals surface area contributed by atoms with Crippen LogP contribution in [-0.2, 0) is 13.6 Å². The van der Waals surface area contributed by atoms with Crippen molar-refractivity contribution in [1.82, 2.24) is 0 Å². The first-order valence-electron chi connectivity index (χ1n) is 9.26. The molecule has 26 heavy (non-hydrogen) atoms. The number of ether oxygens (including phenoxy) is 2. The van der Waals surface area contributed by atoms with Gasteiger partial charge in [0.15, 0.2) is 5.78 Å². The summed E-state index contributed by atoms with van der Waals surface area (Å²) in [7, 11) is -1.78. The Morgan fingerprint density at radius 1 is 1.15 bits per heavy atom. The smallest absolute Gasteiger partial charge is 0.331 e. The number of benzene rings is 1. The fraction of sp³-hybridized carbons (Fsp3) is 0.632. The summed E-state index contributed by atoms with van der Waals surface area (Å²) in [5, 5.41) is 0. The topological polar surface area (TPSA) is 71.1 Å². The summed E-state index contributed by atoms with van der Waals surface area (Å²) in [6.45, 7) is 4.98. The quantitative estimate of drug-likeness (QED) is 0.406. The van der Waals surface area contributed by atoms with Crippen LogP contribution in [0.2, 0.25) is 0 Å². The van der Waals surface area contributed by atoms with Gasteiger partial charge in [-0.05, 0) is 25.0 Å². The number of rotatable bonds is 11. The Labute approximate surface area is 155 Å². The molecular formula is C19H29O6P. The van der Waals surface area contributed by atoms with Crippen LogP contribution in [0, 0.1) is 5.92 Å². The standard InChI is InChI=1S/C19H29O6P/c1-4-6-10-24-26(21,25-11-7-5-2)14-15-13-23-18-12-16(22-3)8-9-17(18)19(15)20/h8-9,12,15H,4-7,10-11,13-14H2,1-3H3. The number of ketones is 1. The van der Waals surface area contributed by atoms with Gasteiger partial charge in [0.05, 0.1) is 44.6 Å². The van der Waals surface area contributed by atoms with Gasteiger partial charge in [-0.25, -0.2) is 0 Å². The number of methoxy groups -OCH3 is 1. The minimum Gasteiger partial charge on any atom is -0.497 e. The van der Waals surface area contributed by atoms with Gasteiger partial charge in [0, 0.05) is 6.07 Å². The third kappa shape index (κ3) is 5.57. The number of Topliss-reactive ketones (excluding diaryl/α,β-unsaturated/α-hetero) is 1. The van der Waals surface area contributed by atoms with Crippen LogP contribution in [0.3, 0.4) is 0 Å². The van der Waals surface area contributed by atoms with Crippen LogP contribution in [0.4, 0.5) is 0 Å². The molecule has 1 heterocycles. The number of carbonyl (C=O) groups is 1. The van der Waals surface area contributed by atoms with E-state index in [-0.39, 0.29) is 18.6 Å². The third-order valence-electron chi connectivity index (χ3n) is 4.28. The Balaban J connectivity index is 2.09. The van der Waals surface area contributed by atoms with Gasteiger partial charge in [0.2, 0.25) is 0 Å². The van der Waals surface area contributed by atoms with E-state index in [2.05, 4.69) is 0 Å². The van der Waals surface area contributed by atoms with Crippen LogP contribution >= 0.6 is 7.60 Å². The van der Waals surface area contributed by atoms with Crippen molar-refractivity contribution in [3.05, 3.63) is 23.8 Å². The van der Waals surface area contributed by atoms with E-state index in [9.17, 15) is 9.36 Å². The second-order valence-corrected chi connectivity index (χ2v) is 8.50. The molecular weight excluding hydrogens is 355 g/mol. The Morgan fingerprint density at radius 3 is 2.38 bits per heavy atom. The van der Waals surface area contributed by atoms with Gasteiger partial charge in [0.1, 0.15) is 11.5 Å². The van der Waals surface area contributed by atoms with Crippen LogP contribution in [0.15, 0.2) is 18.2 Å². The van der Waals surface area contributed by atoms with E-state index in [4.69, 9.17) is 18.5 Å². The van der Waals surface area contributed by atoms with E-state index in [1.165, 1.54) is 0 Å². The molecule has 0 radical (unpaired) electrons. The summed E-state index contributed by atoms with van der Waals surface area (Å²) in [4.78, 5) is 12.8. The van der Waals surface area contributed by atoms with E-state index in [0.29, 0.717) is 30.3 Å². The zero-order chi connectivity index (χ0) is 19.0. The Kier molecular flexibility index (Phi) is 8.14. The highest BCUT2D eigenvalue weighted by Crippen LogP contribution is 2.51. The molecule has 6 nitrogen and oxygen atoms in total. The summed E-state index contributed by atoms with van der Waals surface area (Å²) in [6, 6.07) is 5.10. The lowest BCUT2D eigenvalue weighted by molar-refractivity contribution is 0.0838. The highest BCUT2D eigenvalue weighted by molar-refractivity contribution is 7.53. The fourth-order valence-corrected chi connectivity index (χ4v) is 4.59. The van der Waals surface area contributed by atoms with Crippen LogP contribution in [0.1, 0.15) is 49.9 Å². The van der Waals surface area contributed by atoms with E-state index >= 15 is 0 Å². The van der Waals surface area contributed by atoms with Crippen molar-refractivity contribution in [2.75, 3.05) is 33.1 Å². The minimum absolute atomic E-state index is 0.0464. The predicted octanol–water partition coefficient (Wildman–Crippen LogP) is 4.71. The largest absolute Gasteiger partial charge is 0.497 e. The molecule has 0 bridgehead atoms. The average molecular weight is 384 g/mol. The molecule has 0 fully saturated rings. The molecule has 0 aromatic heterocycles. The average Bonchev–Trinajstić information content (AvgIpc) is 2.64. The van der Waals surface area contributed by atoms with Gasteiger partial charge in [-0.1, -0.05) is 26.7 Å². The van der Waals surface area contributed by atoms with Crippen molar-refractivity contribution in [1.29, 1.82) is 0 Å². The SMILES string of the molecule is CCCCOP(=O)(CC1COc2cc(OC)ccc2C1=O)OCCCC. The molecule has 1 aliphatic rings. The second-order valence-electron chi connectivity index (χ2n) is 6.40. The summed E-state index contributed by atoms with van der Waals surface area (Å²) in [6.07, 6.45) is 3.54. The van der Waals surface area contributed by atoms with Gasteiger partial charge in [-0.2, -0.15) is 0 Å². The number of hydrogen-bond donors (Lipinski definition) is 0. The maximum atomic E-state index is 13.1. The highest BCUT2D eigenvalue weighted by Gasteiger charge is 2.37. The van der Waals surface area contributed by atoms with Gasteiger partial charge < -0.3 is 18.5 Å². The van der Waals surface area contributed by atoms with Crippen molar-refractivity contribution in [3.63, 3.8) is 0 Å². The van der Waals surface area contributed by atoms with Crippen molar-refractivity contribution in [2.24, 2.45) is 5.92 Å². The molecule has 0 saturated heterocycles.